The molecule has 27 heavy (non-hydrogen) atoms. The van der Waals surface area contributed by atoms with Gasteiger partial charge in [-0.1, -0.05) is 0 Å². The fourth-order valence-corrected chi connectivity index (χ4v) is 2.71. The molecule has 0 N–H and O–H groups in total. The lowest BCUT2D eigenvalue weighted by molar-refractivity contribution is -0.384. The van der Waals surface area contributed by atoms with Crippen LogP contribution in [0.15, 0.2) is 18.2 Å². The van der Waals surface area contributed by atoms with Gasteiger partial charge in [0.05, 0.1) is 17.1 Å². The third-order valence-corrected chi connectivity index (χ3v) is 4.03. The third kappa shape index (κ3) is 6.24. The molecule has 152 valence electrons. The first-order chi connectivity index (χ1) is 12.5. The molecule has 0 amide bonds. The van der Waals surface area contributed by atoms with E-state index in [0.29, 0.717) is 32.2 Å². The summed E-state index contributed by atoms with van der Waals surface area (Å²) in [6.45, 7) is 0.210. The standard InChI is InChI=1S/C15H17F6N3O3/c16-14(17,18)10-27-8-7-22-3-5-23(6-4-22)12-2-1-11(15(19,20)21)9-13(12)24(25)26/h1-2,9H,3-8,10H2. The summed E-state index contributed by atoms with van der Waals surface area (Å²) >= 11 is 0. The van der Waals surface area contributed by atoms with Crippen LogP contribution in [0, 0.1) is 10.1 Å². The van der Waals surface area contributed by atoms with Gasteiger partial charge in [0, 0.05) is 38.8 Å². The van der Waals surface area contributed by atoms with Crippen LogP contribution in [-0.2, 0) is 10.9 Å². The third-order valence-electron chi connectivity index (χ3n) is 4.03. The second-order valence-electron chi connectivity index (χ2n) is 5.95. The molecular weight excluding hydrogens is 384 g/mol. The monoisotopic (exact) mass is 401 g/mol. The lowest BCUT2D eigenvalue weighted by atomic mass is 10.1. The van der Waals surface area contributed by atoms with Gasteiger partial charge in [-0.05, 0) is 12.1 Å². The van der Waals surface area contributed by atoms with Gasteiger partial charge in [-0.3, -0.25) is 15.0 Å². The van der Waals surface area contributed by atoms with E-state index in [2.05, 4.69) is 4.74 Å². The second kappa shape index (κ2) is 8.30. The van der Waals surface area contributed by atoms with Gasteiger partial charge >= 0.3 is 12.4 Å². The molecule has 12 heteroatoms. The van der Waals surface area contributed by atoms with Crippen LogP contribution in [0.3, 0.4) is 0 Å². The molecule has 0 radical (unpaired) electrons. The lowest BCUT2D eigenvalue weighted by Gasteiger charge is -2.35. The fraction of sp³-hybridized carbons (Fsp3) is 0.600. The Morgan fingerprint density at radius 2 is 1.70 bits per heavy atom. The molecule has 2 rings (SSSR count). The number of halogens is 6. The van der Waals surface area contributed by atoms with E-state index in [-0.39, 0.29) is 18.8 Å². The number of nitro benzene ring substituents is 1. The molecule has 0 bridgehead atoms. The van der Waals surface area contributed by atoms with Crippen molar-refractivity contribution in [2.45, 2.75) is 12.4 Å². The summed E-state index contributed by atoms with van der Waals surface area (Å²) in [5, 5.41) is 11.2. The van der Waals surface area contributed by atoms with E-state index in [1.807, 2.05) is 4.90 Å². The van der Waals surface area contributed by atoms with Gasteiger partial charge in [-0.2, -0.15) is 26.3 Å². The maximum absolute atomic E-state index is 12.8. The number of benzene rings is 1. The molecule has 1 aliphatic rings. The fourth-order valence-electron chi connectivity index (χ4n) is 2.71. The van der Waals surface area contributed by atoms with E-state index >= 15 is 0 Å². The Labute approximate surface area is 150 Å². The molecule has 1 aromatic carbocycles. The summed E-state index contributed by atoms with van der Waals surface area (Å²) in [6, 6.07) is 2.37. The Morgan fingerprint density at radius 3 is 2.22 bits per heavy atom. The molecule has 6 nitrogen and oxygen atoms in total. The number of hydrogen-bond acceptors (Lipinski definition) is 5. The zero-order valence-electron chi connectivity index (χ0n) is 14.0. The first-order valence-electron chi connectivity index (χ1n) is 7.95. The topological polar surface area (TPSA) is 58.9 Å². The number of ether oxygens (including phenoxy) is 1. The highest BCUT2D eigenvalue weighted by molar-refractivity contribution is 5.65. The molecule has 1 heterocycles. The molecule has 1 aromatic rings. The molecule has 0 spiro atoms. The highest BCUT2D eigenvalue weighted by Crippen LogP contribution is 2.36. The normalized spacial score (nSPS) is 16.6. The number of piperazine rings is 1. The first kappa shape index (κ1) is 21.2. The Kier molecular flexibility index (Phi) is 6.52. The minimum atomic E-state index is -4.68. The van der Waals surface area contributed by atoms with Crippen molar-refractivity contribution in [1.29, 1.82) is 0 Å². The van der Waals surface area contributed by atoms with E-state index in [4.69, 9.17) is 0 Å². The number of nitro groups is 1. The highest BCUT2D eigenvalue weighted by atomic mass is 19.4. The maximum Gasteiger partial charge on any atom is 0.416 e. The molecule has 1 aliphatic heterocycles. The minimum absolute atomic E-state index is 0.0842. The van der Waals surface area contributed by atoms with Crippen molar-refractivity contribution in [2.75, 3.05) is 50.8 Å². The van der Waals surface area contributed by atoms with E-state index in [1.54, 1.807) is 4.90 Å². The van der Waals surface area contributed by atoms with Crippen LogP contribution >= 0.6 is 0 Å². The van der Waals surface area contributed by atoms with Crippen LogP contribution in [0.4, 0.5) is 37.7 Å². The zero-order valence-corrected chi connectivity index (χ0v) is 14.0. The largest absolute Gasteiger partial charge is 0.416 e. The quantitative estimate of drug-likeness (QED) is 0.317. The molecule has 0 aliphatic carbocycles. The van der Waals surface area contributed by atoms with Crippen molar-refractivity contribution in [3.8, 4) is 0 Å². The van der Waals surface area contributed by atoms with Crippen molar-refractivity contribution in [3.05, 3.63) is 33.9 Å². The van der Waals surface area contributed by atoms with Gasteiger partial charge < -0.3 is 9.64 Å². The Hall–Kier alpha value is -2.08. The average Bonchev–Trinajstić information content (AvgIpc) is 2.57. The van der Waals surface area contributed by atoms with Crippen molar-refractivity contribution in [3.63, 3.8) is 0 Å². The van der Waals surface area contributed by atoms with Crippen LogP contribution in [-0.4, -0.2) is 61.9 Å². The van der Waals surface area contributed by atoms with Crippen LogP contribution in [0.5, 0.6) is 0 Å². The number of anilines is 1. The van der Waals surface area contributed by atoms with E-state index in [9.17, 15) is 36.5 Å². The predicted molar refractivity (Wildman–Crippen MR) is 83.6 cm³/mol. The summed E-state index contributed by atoms with van der Waals surface area (Å²) in [7, 11) is 0. The summed E-state index contributed by atoms with van der Waals surface area (Å²) in [5.74, 6) is 0. The lowest BCUT2D eigenvalue weighted by Crippen LogP contribution is -2.47. The number of rotatable bonds is 6. The van der Waals surface area contributed by atoms with Crippen molar-refractivity contribution >= 4 is 11.4 Å². The predicted octanol–water partition coefficient (Wildman–Crippen LogP) is 3.31. The van der Waals surface area contributed by atoms with E-state index in [1.165, 1.54) is 0 Å². The summed E-state index contributed by atoms with van der Waals surface area (Å²) in [4.78, 5) is 13.7. The van der Waals surface area contributed by atoms with Gasteiger partial charge in [0.1, 0.15) is 12.3 Å². The first-order valence-corrected chi connectivity index (χ1v) is 7.95. The van der Waals surface area contributed by atoms with Gasteiger partial charge in [0.15, 0.2) is 0 Å². The smallest absolute Gasteiger partial charge is 0.371 e. The molecule has 0 atom stereocenters. The number of nitrogens with zero attached hydrogens (tertiary/aromatic N) is 3. The highest BCUT2D eigenvalue weighted by Gasteiger charge is 2.34. The maximum atomic E-state index is 12.8. The molecular formula is C15H17F6N3O3. The van der Waals surface area contributed by atoms with Gasteiger partial charge in [0.2, 0.25) is 0 Å². The summed E-state index contributed by atoms with van der Waals surface area (Å²) in [6.07, 6.45) is -9.07. The Balaban J connectivity index is 1.94. The summed E-state index contributed by atoms with van der Waals surface area (Å²) in [5.41, 5.74) is -1.65. The second-order valence-corrected chi connectivity index (χ2v) is 5.95. The molecule has 1 saturated heterocycles. The molecule has 0 aromatic heterocycles. The van der Waals surface area contributed by atoms with Gasteiger partial charge in [0.25, 0.3) is 5.69 Å². The van der Waals surface area contributed by atoms with E-state index < -0.39 is 35.1 Å². The number of alkyl halides is 6. The minimum Gasteiger partial charge on any atom is -0.371 e. The van der Waals surface area contributed by atoms with E-state index in [0.717, 1.165) is 12.1 Å². The molecule has 0 unspecified atom stereocenters. The zero-order chi connectivity index (χ0) is 20.2. The Bertz CT molecular complexity index is 657. The molecule has 1 fully saturated rings. The van der Waals surface area contributed by atoms with Crippen molar-refractivity contribution < 1.29 is 36.0 Å². The van der Waals surface area contributed by atoms with Crippen LogP contribution in [0.2, 0.25) is 0 Å². The van der Waals surface area contributed by atoms with Crippen LogP contribution in [0.25, 0.3) is 0 Å². The van der Waals surface area contributed by atoms with Crippen molar-refractivity contribution in [2.24, 2.45) is 0 Å². The van der Waals surface area contributed by atoms with Gasteiger partial charge in [-0.25, -0.2) is 0 Å². The summed E-state index contributed by atoms with van der Waals surface area (Å²) < 4.78 is 78.8. The van der Waals surface area contributed by atoms with Crippen molar-refractivity contribution in [1.82, 2.24) is 4.90 Å². The van der Waals surface area contributed by atoms with Gasteiger partial charge in [-0.15, -0.1) is 0 Å². The Morgan fingerprint density at radius 1 is 1.07 bits per heavy atom. The number of hydrogen-bond donors (Lipinski definition) is 0. The van der Waals surface area contributed by atoms with Crippen LogP contribution in [0.1, 0.15) is 5.56 Å². The SMILES string of the molecule is O=[N+]([O-])c1cc(C(F)(F)F)ccc1N1CCN(CCOCC(F)(F)F)CC1. The van der Waals surface area contributed by atoms with Crippen LogP contribution < -0.4 is 4.90 Å². The average molecular weight is 401 g/mol. The molecule has 0 saturated carbocycles.